The second-order valence-corrected chi connectivity index (χ2v) is 5.08. The van der Waals surface area contributed by atoms with Crippen molar-refractivity contribution >= 4 is 28.1 Å². The summed E-state index contributed by atoms with van der Waals surface area (Å²) in [5, 5.41) is 5.31. The minimum Gasteiger partial charge on any atom is -0.362 e. The van der Waals surface area contributed by atoms with Crippen LogP contribution in [0.4, 0.5) is 10.8 Å². The molecule has 5 heteroatoms. The molecule has 0 spiro atoms. The summed E-state index contributed by atoms with van der Waals surface area (Å²) >= 11 is 1.43. The molecule has 1 aromatic heterocycles. The van der Waals surface area contributed by atoms with Crippen molar-refractivity contribution < 1.29 is 4.79 Å². The van der Waals surface area contributed by atoms with Crippen molar-refractivity contribution in [3.63, 3.8) is 0 Å². The van der Waals surface area contributed by atoms with E-state index < -0.39 is 0 Å². The molecule has 1 N–H and O–H groups in total. The van der Waals surface area contributed by atoms with E-state index in [0.717, 1.165) is 13.0 Å². The quantitative estimate of drug-likeness (QED) is 0.918. The Morgan fingerprint density at radius 2 is 2.33 bits per heavy atom. The molecule has 1 amide bonds. The predicted molar refractivity (Wildman–Crippen MR) is 73.1 cm³/mol. The van der Waals surface area contributed by atoms with Gasteiger partial charge in [-0.05, 0) is 18.1 Å². The Morgan fingerprint density at radius 1 is 1.44 bits per heavy atom. The van der Waals surface area contributed by atoms with Crippen molar-refractivity contribution in [1.82, 2.24) is 4.98 Å². The third-order valence-electron chi connectivity index (χ3n) is 3.00. The van der Waals surface area contributed by atoms with Crippen LogP contribution in [0.5, 0.6) is 0 Å². The van der Waals surface area contributed by atoms with Crippen LogP contribution in [0.1, 0.15) is 5.56 Å². The van der Waals surface area contributed by atoms with E-state index in [1.165, 1.54) is 22.6 Å². The number of benzene rings is 1. The van der Waals surface area contributed by atoms with Crippen LogP contribution in [0.25, 0.3) is 0 Å². The highest BCUT2D eigenvalue weighted by atomic mass is 32.1. The number of nitrogens with one attached hydrogen (secondary N) is 1. The molecule has 3 rings (SSSR count). The number of hydrogen-bond acceptors (Lipinski definition) is 4. The summed E-state index contributed by atoms with van der Waals surface area (Å²) in [6.45, 7) is 1.29. The van der Waals surface area contributed by atoms with Crippen LogP contribution >= 0.6 is 11.3 Å². The Labute approximate surface area is 109 Å². The summed E-state index contributed by atoms with van der Waals surface area (Å²) in [5.41, 5.74) is 2.49. The molecule has 0 aliphatic carbocycles. The van der Waals surface area contributed by atoms with Gasteiger partial charge < -0.3 is 10.2 Å². The summed E-state index contributed by atoms with van der Waals surface area (Å²) in [6, 6.07) is 8.24. The zero-order chi connectivity index (χ0) is 12.4. The maximum absolute atomic E-state index is 11.9. The van der Waals surface area contributed by atoms with E-state index in [4.69, 9.17) is 0 Å². The Kier molecular flexibility index (Phi) is 2.98. The third kappa shape index (κ3) is 2.22. The molecule has 0 fully saturated rings. The van der Waals surface area contributed by atoms with E-state index in [1.807, 2.05) is 17.5 Å². The number of rotatable bonds is 3. The summed E-state index contributed by atoms with van der Waals surface area (Å²) in [7, 11) is 0. The minimum atomic E-state index is -0.0124. The van der Waals surface area contributed by atoms with Crippen LogP contribution in [-0.4, -0.2) is 24.0 Å². The van der Waals surface area contributed by atoms with E-state index in [9.17, 15) is 4.79 Å². The van der Waals surface area contributed by atoms with Crippen LogP contribution in [0, 0.1) is 0 Å². The average molecular weight is 259 g/mol. The maximum Gasteiger partial charge on any atom is 0.245 e. The molecule has 0 saturated carbocycles. The largest absolute Gasteiger partial charge is 0.362 e. The highest BCUT2D eigenvalue weighted by Gasteiger charge is 2.20. The van der Waals surface area contributed by atoms with Crippen molar-refractivity contribution in [2.75, 3.05) is 23.3 Å². The first-order chi connectivity index (χ1) is 8.83. The normalized spacial score (nSPS) is 13.4. The topological polar surface area (TPSA) is 45.2 Å². The zero-order valence-electron chi connectivity index (χ0n) is 9.80. The number of para-hydroxylation sites is 1. The highest BCUT2D eigenvalue weighted by molar-refractivity contribution is 7.13. The van der Waals surface area contributed by atoms with Gasteiger partial charge in [0.05, 0.1) is 6.54 Å². The van der Waals surface area contributed by atoms with Gasteiger partial charge in [0.25, 0.3) is 0 Å². The number of aromatic nitrogens is 1. The van der Waals surface area contributed by atoms with Crippen LogP contribution in [-0.2, 0) is 11.2 Å². The lowest BCUT2D eigenvalue weighted by molar-refractivity contribution is -0.115. The van der Waals surface area contributed by atoms with Crippen LogP contribution in [0.3, 0.4) is 0 Å². The molecule has 0 bridgehead atoms. The molecular weight excluding hydrogens is 246 g/mol. The van der Waals surface area contributed by atoms with Gasteiger partial charge in [0, 0.05) is 23.8 Å². The maximum atomic E-state index is 11.9. The molecule has 92 valence electrons. The monoisotopic (exact) mass is 259 g/mol. The van der Waals surface area contributed by atoms with E-state index in [-0.39, 0.29) is 5.91 Å². The van der Waals surface area contributed by atoms with E-state index in [1.54, 1.807) is 6.20 Å². The number of hydrogen-bond donors (Lipinski definition) is 1. The van der Waals surface area contributed by atoms with Gasteiger partial charge in [-0.3, -0.25) is 4.79 Å². The molecule has 0 saturated heterocycles. The zero-order valence-corrected chi connectivity index (χ0v) is 10.6. The van der Waals surface area contributed by atoms with Crippen LogP contribution < -0.4 is 10.2 Å². The average Bonchev–Trinajstić information content (AvgIpc) is 3.00. The Hall–Kier alpha value is -1.88. The number of thiazole rings is 1. The number of anilines is 2. The van der Waals surface area contributed by atoms with Crippen molar-refractivity contribution in [1.29, 1.82) is 0 Å². The number of carbonyl (C=O) groups is 1. The van der Waals surface area contributed by atoms with E-state index in [2.05, 4.69) is 27.3 Å². The number of amides is 1. The van der Waals surface area contributed by atoms with Gasteiger partial charge in [-0.1, -0.05) is 18.2 Å². The second-order valence-electron chi connectivity index (χ2n) is 4.19. The van der Waals surface area contributed by atoms with Crippen molar-refractivity contribution in [2.24, 2.45) is 0 Å². The second kappa shape index (κ2) is 4.78. The first kappa shape index (κ1) is 11.2. The van der Waals surface area contributed by atoms with Gasteiger partial charge in [-0.2, -0.15) is 0 Å². The lowest BCUT2D eigenvalue weighted by atomic mass is 10.2. The van der Waals surface area contributed by atoms with Gasteiger partial charge in [0.1, 0.15) is 0 Å². The third-order valence-corrected chi connectivity index (χ3v) is 3.69. The Balaban J connectivity index is 1.66. The smallest absolute Gasteiger partial charge is 0.245 e. The first-order valence-corrected chi connectivity index (χ1v) is 6.73. The van der Waals surface area contributed by atoms with E-state index in [0.29, 0.717) is 11.7 Å². The fourth-order valence-corrected chi connectivity index (χ4v) is 2.73. The van der Waals surface area contributed by atoms with Crippen molar-refractivity contribution in [3.8, 4) is 0 Å². The minimum absolute atomic E-state index is 0.0124. The van der Waals surface area contributed by atoms with Gasteiger partial charge in [-0.15, -0.1) is 11.3 Å². The molecule has 0 atom stereocenters. The van der Waals surface area contributed by atoms with Gasteiger partial charge in [-0.25, -0.2) is 4.98 Å². The fraction of sp³-hybridized carbons (Fsp3) is 0.231. The van der Waals surface area contributed by atoms with Crippen LogP contribution in [0.15, 0.2) is 35.8 Å². The molecule has 2 aromatic rings. The lowest BCUT2D eigenvalue weighted by Gasteiger charge is -2.18. The van der Waals surface area contributed by atoms with Crippen molar-refractivity contribution in [2.45, 2.75) is 6.42 Å². The molecule has 2 heterocycles. The van der Waals surface area contributed by atoms with Gasteiger partial charge in [0.2, 0.25) is 5.91 Å². The van der Waals surface area contributed by atoms with E-state index >= 15 is 0 Å². The Morgan fingerprint density at radius 3 is 3.17 bits per heavy atom. The molecule has 0 radical (unpaired) electrons. The number of nitrogens with zero attached hydrogens (tertiary/aromatic N) is 2. The highest BCUT2D eigenvalue weighted by Crippen LogP contribution is 2.26. The molecule has 1 aromatic carbocycles. The summed E-state index contributed by atoms with van der Waals surface area (Å²) in [6.07, 6.45) is 2.70. The standard InChI is InChI=1S/C13H13N3OS/c17-12(15-13-14-6-8-18-13)9-16-7-5-10-3-1-2-4-11(10)16/h1-4,6,8H,5,7,9H2,(H,14,15,17). The predicted octanol–water partition coefficient (Wildman–Crippen LogP) is 2.14. The molecule has 0 unspecified atom stereocenters. The van der Waals surface area contributed by atoms with Gasteiger partial charge in [0.15, 0.2) is 5.13 Å². The Bertz CT molecular complexity index is 553. The number of carbonyl (C=O) groups excluding carboxylic acids is 1. The van der Waals surface area contributed by atoms with Gasteiger partial charge >= 0.3 is 0 Å². The SMILES string of the molecule is O=C(CN1CCc2ccccc21)Nc1nccs1. The molecule has 4 nitrogen and oxygen atoms in total. The lowest BCUT2D eigenvalue weighted by Crippen LogP contribution is -2.31. The molecule has 1 aliphatic heterocycles. The first-order valence-electron chi connectivity index (χ1n) is 5.85. The van der Waals surface area contributed by atoms with Crippen molar-refractivity contribution in [3.05, 3.63) is 41.4 Å². The summed E-state index contributed by atoms with van der Waals surface area (Å²) in [5.74, 6) is -0.0124. The van der Waals surface area contributed by atoms with Crippen LogP contribution in [0.2, 0.25) is 0 Å². The molecule has 1 aliphatic rings. The fourth-order valence-electron chi connectivity index (χ4n) is 2.19. The summed E-state index contributed by atoms with van der Waals surface area (Å²) < 4.78 is 0. The number of fused-ring (bicyclic) bond motifs is 1. The molecular formula is C13H13N3OS. The molecule has 18 heavy (non-hydrogen) atoms. The summed E-state index contributed by atoms with van der Waals surface area (Å²) in [4.78, 5) is 18.0.